The van der Waals surface area contributed by atoms with E-state index in [0.717, 1.165) is 0 Å². The maximum atomic E-state index is 12.1. The van der Waals surface area contributed by atoms with Crippen LogP contribution in [0.2, 0.25) is 0 Å². The average Bonchev–Trinajstić information content (AvgIpc) is 2.55. The Morgan fingerprint density at radius 2 is 1.71 bits per heavy atom. The highest BCUT2D eigenvalue weighted by molar-refractivity contribution is 6.03. The third kappa shape index (κ3) is 4.29. The fourth-order valence-electron chi connectivity index (χ4n) is 1.93. The Morgan fingerprint density at radius 3 is 2.38 bits per heavy atom. The average molecular weight is 331 g/mol. The van der Waals surface area contributed by atoms with Gasteiger partial charge in [0.2, 0.25) is 0 Å². The molecule has 2 rings (SSSR count). The molecule has 0 saturated heterocycles. The minimum atomic E-state index is -1.01. The molecule has 1 N–H and O–H groups in total. The molecule has 0 amide bonds. The second-order valence-corrected chi connectivity index (χ2v) is 4.63. The van der Waals surface area contributed by atoms with Gasteiger partial charge in [-0.05, 0) is 24.3 Å². The van der Waals surface area contributed by atoms with Crippen molar-refractivity contribution < 1.29 is 29.4 Å². The molecule has 24 heavy (non-hydrogen) atoms. The van der Waals surface area contributed by atoms with Crippen LogP contribution in [-0.2, 0) is 4.84 Å². The van der Waals surface area contributed by atoms with E-state index in [4.69, 9.17) is 4.74 Å². The Bertz CT molecular complexity index is 758. The van der Waals surface area contributed by atoms with E-state index in [0.29, 0.717) is 0 Å². The van der Waals surface area contributed by atoms with Crippen LogP contribution in [-0.4, -0.2) is 28.6 Å². The number of phenolic OH excluding ortho intramolecular Hbond substituents is 1. The number of phenols is 1. The van der Waals surface area contributed by atoms with Gasteiger partial charge >= 0.3 is 5.97 Å². The van der Waals surface area contributed by atoms with Crippen LogP contribution in [0.4, 0.5) is 0 Å². The molecule has 0 radical (unpaired) electrons. The summed E-state index contributed by atoms with van der Waals surface area (Å²) in [6, 6.07) is 12.3. The van der Waals surface area contributed by atoms with Crippen molar-refractivity contribution in [2.24, 2.45) is 0 Å². The van der Waals surface area contributed by atoms with Crippen LogP contribution >= 0.6 is 0 Å². The normalized spacial score (nSPS) is 10.0. The van der Waals surface area contributed by atoms with Crippen molar-refractivity contribution >= 4 is 11.8 Å². The number of hydrogen-bond acceptors (Lipinski definition) is 7. The Hall–Kier alpha value is -3.42. The molecule has 2 aromatic carbocycles. The lowest BCUT2D eigenvalue weighted by molar-refractivity contribution is -0.757. The first kappa shape index (κ1) is 16.9. The first-order valence-electron chi connectivity index (χ1n) is 6.88. The van der Waals surface area contributed by atoms with Crippen molar-refractivity contribution in [3.05, 3.63) is 69.8 Å². The molecular weight excluding hydrogens is 318 g/mol. The molecule has 0 fully saturated rings. The highest BCUT2D eigenvalue weighted by Crippen LogP contribution is 2.25. The van der Waals surface area contributed by atoms with Crippen molar-refractivity contribution in [3.8, 4) is 11.5 Å². The number of nitrogens with zero attached hydrogens (tertiary/aromatic N) is 1. The molecule has 0 atom stereocenters. The van der Waals surface area contributed by atoms with Crippen molar-refractivity contribution in [1.29, 1.82) is 0 Å². The van der Waals surface area contributed by atoms with E-state index in [-0.39, 0.29) is 23.3 Å². The summed E-state index contributed by atoms with van der Waals surface area (Å²) in [5, 5.41) is 19.2. The zero-order chi connectivity index (χ0) is 17.5. The van der Waals surface area contributed by atoms with Crippen LogP contribution in [0.25, 0.3) is 0 Å². The number of carbonyl (C=O) groups excluding carboxylic acids is 2. The molecule has 0 aliphatic carbocycles. The smallest absolute Gasteiger partial charge is 0.347 e. The second kappa shape index (κ2) is 7.73. The van der Waals surface area contributed by atoms with Crippen LogP contribution in [0, 0.1) is 10.1 Å². The molecule has 0 saturated carbocycles. The van der Waals surface area contributed by atoms with Gasteiger partial charge in [-0.25, -0.2) is 4.79 Å². The number of carbonyl (C=O) groups is 2. The molecule has 2 aromatic rings. The van der Waals surface area contributed by atoms with E-state index < -0.39 is 29.2 Å². The quantitative estimate of drug-likeness (QED) is 0.272. The van der Waals surface area contributed by atoms with Crippen molar-refractivity contribution in [2.75, 3.05) is 6.61 Å². The van der Waals surface area contributed by atoms with E-state index >= 15 is 0 Å². The summed E-state index contributed by atoms with van der Waals surface area (Å²) in [6.07, 6.45) is -0.314. The minimum Gasteiger partial charge on any atom is -0.506 e. The zero-order valence-electron chi connectivity index (χ0n) is 12.4. The summed E-state index contributed by atoms with van der Waals surface area (Å²) in [4.78, 5) is 38.2. The van der Waals surface area contributed by atoms with Crippen molar-refractivity contribution in [2.45, 2.75) is 6.42 Å². The fraction of sp³-hybridized carbons (Fsp3) is 0.125. The fourth-order valence-corrected chi connectivity index (χ4v) is 1.93. The Labute approximate surface area is 136 Å². The molecule has 0 aliphatic rings. The molecule has 8 nitrogen and oxygen atoms in total. The van der Waals surface area contributed by atoms with Crippen LogP contribution in [0.3, 0.4) is 0 Å². The van der Waals surface area contributed by atoms with Gasteiger partial charge < -0.3 is 14.7 Å². The lowest BCUT2D eigenvalue weighted by Gasteiger charge is -2.09. The topological polar surface area (TPSA) is 116 Å². The Morgan fingerprint density at radius 1 is 1.04 bits per heavy atom. The van der Waals surface area contributed by atoms with E-state index in [9.17, 15) is 24.8 Å². The molecule has 0 heterocycles. The van der Waals surface area contributed by atoms with Crippen LogP contribution in [0.15, 0.2) is 48.5 Å². The van der Waals surface area contributed by atoms with Crippen LogP contribution < -0.4 is 4.74 Å². The summed E-state index contributed by atoms with van der Waals surface area (Å²) in [6.45, 7) is -0.441. The minimum absolute atomic E-state index is 0.135. The lowest BCUT2D eigenvalue weighted by Crippen LogP contribution is -2.12. The number of esters is 1. The van der Waals surface area contributed by atoms with Crippen molar-refractivity contribution in [3.63, 3.8) is 0 Å². The highest BCUT2D eigenvalue weighted by atomic mass is 16.9. The molecule has 0 aliphatic heterocycles. The highest BCUT2D eigenvalue weighted by Gasteiger charge is 2.20. The van der Waals surface area contributed by atoms with Gasteiger partial charge in [0, 0.05) is 6.42 Å². The summed E-state index contributed by atoms with van der Waals surface area (Å²) < 4.78 is 5.10. The van der Waals surface area contributed by atoms with E-state index in [2.05, 4.69) is 4.84 Å². The summed E-state index contributed by atoms with van der Waals surface area (Å²) in [5.74, 6) is -1.67. The molecule has 8 heteroatoms. The molecule has 124 valence electrons. The largest absolute Gasteiger partial charge is 0.506 e. The van der Waals surface area contributed by atoms with E-state index in [1.807, 2.05) is 0 Å². The first-order chi connectivity index (χ1) is 11.5. The number of ketones is 1. The monoisotopic (exact) mass is 331 g/mol. The summed E-state index contributed by atoms with van der Waals surface area (Å²) in [5.41, 5.74) is -0.315. The third-order valence-electron chi connectivity index (χ3n) is 3.04. The van der Waals surface area contributed by atoms with Gasteiger partial charge in [0.15, 0.2) is 5.78 Å². The predicted octanol–water partition coefficient (Wildman–Crippen LogP) is 2.39. The maximum absolute atomic E-state index is 12.1. The molecule has 0 bridgehead atoms. The second-order valence-electron chi connectivity index (χ2n) is 4.63. The standard InChI is InChI=1S/C16H13NO7/c18-14(9-10-23-17(21)22)12-7-4-8-13(15(12)19)16(20)24-11-5-2-1-3-6-11/h1-8,19H,9-10H2. The number of rotatable bonds is 7. The predicted molar refractivity (Wildman–Crippen MR) is 81.4 cm³/mol. The number of hydrogen-bond donors (Lipinski definition) is 1. The Kier molecular flexibility index (Phi) is 5.45. The van der Waals surface area contributed by atoms with E-state index in [1.54, 1.807) is 30.3 Å². The molecule has 0 spiro atoms. The molecule has 0 unspecified atom stereocenters. The van der Waals surface area contributed by atoms with E-state index in [1.165, 1.54) is 18.2 Å². The van der Waals surface area contributed by atoms with Gasteiger partial charge in [-0.2, -0.15) is 0 Å². The summed E-state index contributed by atoms with van der Waals surface area (Å²) >= 11 is 0. The van der Waals surface area contributed by atoms with Crippen LogP contribution in [0.1, 0.15) is 27.1 Å². The number of aromatic hydroxyl groups is 1. The van der Waals surface area contributed by atoms with Gasteiger partial charge in [-0.15, -0.1) is 10.1 Å². The zero-order valence-corrected chi connectivity index (χ0v) is 12.4. The van der Waals surface area contributed by atoms with Crippen LogP contribution in [0.5, 0.6) is 11.5 Å². The number of benzene rings is 2. The number of Topliss-reactive ketones (excluding diaryl/α,β-unsaturated/α-hetero) is 1. The van der Waals surface area contributed by atoms with Gasteiger partial charge in [-0.1, -0.05) is 24.3 Å². The molecular formula is C16H13NO7. The maximum Gasteiger partial charge on any atom is 0.347 e. The van der Waals surface area contributed by atoms with Gasteiger partial charge in [0.25, 0.3) is 5.09 Å². The number of para-hydroxylation sites is 2. The lowest BCUT2D eigenvalue weighted by atomic mass is 10.0. The van der Waals surface area contributed by atoms with Gasteiger partial charge in [0.05, 0.1) is 5.56 Å². The summed E-state index contributed by atoms with van der Waals surface area (Å²) in [7, 11) is 0. The first-order valence-corrected chi connectivity index (χ1v) is 6.88. The Balaban J connectivity index is 2.13. The van der Waals surface area contributed by atoms with Gasteiger partial charge in [0.1, 0.15) is 23.7 Å². The van der Waals surface area contributed by atoms with Gasteiger partial charge in [-0.3, -0.25) is 4.79 Å². The third-order valence-corrected chi connectivity index (χ3v) is 3.04. The number of ether oxygens (including phenoxy) is 1. The SMILES string of the molecule is O=C(CCO[N+](=O)[O-])c1cccc(C(=O)Oc2ccccc2)c1O. The molecule has 0 aromatic heterocycles. The van der Waals surface area contributed by atoms with Crippen molar-refractivity contribution in [1.82, 2.24) is 0 Å².